The SMILES string of the molecule is COc1ccc(C(OC[C@H](CO[Si](c2ccccc2)(c2ccccc2)C(C)(C)C)Cn2cnc3c(=O)[nH]c(NC(=O)C(C)C)nc32)(c2ccccc2)c2ccc(OC)cc2)cc1. The summed E-state index contributed by atoms with van der Waals surface area (Å²) >= 11 is 0. The molecule has 11 nitrogen and oxygen atoms in total. The van der Waals surface area contributed by atoms with Crippen LogP contribution in [0.2, 0.25) is 5.04 Å². The van der Waals surface area contributed by atoms with Crippen LogP contribution < -0.4 is 30.7 Å². The van der Waals surface area contributed by atoms with E-state index >= 15 is 0 Å². The molecule has 0 saturated carbocycles. The third-order valence-electron chi connectivity index (χ3n) is 11.4. The van der Waals surface area contributed by atoms with Crippen LogP contribution in [0.3, 0.4) is 0 Å². The number of nitrogens with one attached hydrogen (secondary N) is 2. The second kappa shape index (κ2) is 18.7. The van der Waals surface area contributed by atoms with E-state index in [0.717, 1.165) is 38.6 Å². The maximum Gasteiger partial charge on any atom is 0.280 e. The van der Waals surface area contributed by atoms with Crippen molar-refractivity contribution >= 4 is 41.7 Å². The molecule has 1 amide bonds. The quantitative estimate of drug-likeness (QED) is 0.0699. The van der Waals surface area contributed by atoms with Crippen LogP contribution in [0.15, 0.2) is 151 Å². The summed E-state index contributed by atoms with van der Waals surface area (Å²) in [7, 11) is 0.277. The Bertz CT molecular complexity index is 2520. The minimum absolute atomic E-state index is 0.0569. The minimum atomic E-state index is -3.03. The number of fused-ring (bicyclic) bond motifs is 1. The first kappa shape index (κ1) is 43.7. The van der Waals surface area contributed by atoms with Crippen LogP contribution in [0.1, 0.15) is 51.3 Å². The van der Waals surface area contributed by atoms with Crippen molar-refractivity contribution < 1.29 is 23.4 Å². The van der Waals surface area contributed by atoms with Crippen molar-refractivity contribution in [2.24, 2.45) is 11.8 Å². The Kier molecular flexibility index (Phi) is 13.2. The van der Waals surface area contributed by atoms with E-state index in [1.165, 1.54) is 0 Å². The average Bonchev–Trinajstić information content (AvgIpc) is 3.70. The third kappa shape index (κ3) is 8.85. The molecule has 7 rings (SSSR count). The fraction of sp³-hybridized carbons (Fsp3) is 0.280. The molecule has 0 aliphatic heterocycles. The molecule has 2 N–H and O–H groups in total. The van der Waals surface area contributed by atoms with Crippen molar-refractivity contribution in [1.29, 1.82) is 0 Å². The molecular formula is C50H55N5O6Si. The average molecular weight is 850 g/mol. The highest BCUT2D eigenvalue weighted by Crippen LogP contribution is 2.43. The van der Waals surface area contributed by atoms with Gasteiger partial charge in [-0.15, -0.1) is 0 Å². The molecule has 12 heteroatoms. The second-order valence-electron chi connectivity index (χ2n) is 16.8. The first-order chi connectivity index (χ1) is 29.9. The number of aromatic nitrogens is 4. The van der Waals surface area contributed by atoms with E-state index in [1.54, 1.807) is 34.4 Å². The standard InChI is InChI=1S/C50H55N5O6Si/c1-35(2)46(56)53-48-52-45-44(47(57)54-48)51-34-55(45)31-36(33-61-62(49(3,4)5,42-19-13-9-14-20-42)43-21-15-10-16-22-43)32-60-50(37-17-11-8-12-18-37,38-23-27-40(58-6)28-24-38)39-25-29-41(59-7)30-26-39/h8-30,34-36H,31-33H2,1-7H3,(H2,52,53,54,56,57)/t36-/m1/s1. The van der Waals surface area contributed by atoms with Crippen LogP contribution in [0.5, 0.6) is 11.5 Å². The van der Waals surface area contributed by atoms with E-state index in [2.05, 4.69) is 96.7 Å². The van der Waals surface area contributed by atoms with Gasteiger partial charge < -0.3 is 23.2 Å². The van der Waals surface area contributed by atoms with Crippen molar-refractivity contribution in [2.45, 2.75) is 51.8 Å². The van der Waals surface area contributed by atoms with Gasteiger partial charge >= 0.3 is 0 Å². The molecule has 0 unspecified atom stereocenters. The van der Waals surface area contributed by atoms with Crippen LogP contribution in [0, 0.1) is 11.8 Å². The number of methoxy groups -OCH3 is 2. The van der Waals surface area contributed by atoms with Gasteiger partial charge in [0.25, 0.3) is 13.9 Å². The number of rotatable bonds is 17. The van der Waals surface area contributed by atoms with Gasteiger partial charge in [0.05, 0.1) is 27.2 Å². The van der Waals surface area contributed by atoms with Crippen LogP contribution in [-0.2, 0) is 26.1 Å². The molecule has 0 aliphatic rings. The number of benzene rings is 5. The van der Waals surface area contributed by atoms with Crippen molar-refractivity contribution in [3.8, 4) is 11.5 Å². The van der Waals surface area contributed by atoms with Gasteiger partial charge in [0.1, 0.15) is 17.1 Å². The minimum Gasteiger partial charge on any atom is -0.497 e. The van der Waals surface area contributed by atoms with E-state index in [4.69, 9.17) is 23.6 Å². The molecule has 62 heavy (non-hydrogen) atoms. The molecule has 0 spiro atoms. The number of amides is 1. The largest absolute Gasteiger partial charge is 0.497 e. The fourth-order valence-electron chi connectivity index (χ4n) is 8.16. The zero-order chi connectivity index (χ0) is 43.9. The van der Waals surface area contributed by atoms with Crippen molar-refractivity contribution in [3.05, 3.63) is 173 Å². The normalized spacial score (nSPS) is 12.6. The lowest BCUT2D eigenvalue weighted by Crippen LogP contribution is -2.67. The summed E-state index contributed by atoms with van der Waals surface area (Å²) in [5.41, 5.74) is 1.66. The van der Waals surface area contributed by atoms with E-state index in [0.29, 0.717) is 12.2 Å². The Balaban J connectivity index is 1.38. The topological polar surface area (TPSA) is 130 Å². The smallest absolute Gasteiger partial charge is 0.280 e. The summed E-state index contributed by atoms with van der Waals surface area (Å²) < 4.78 is 28.2. The maximum atomic E-state index is 13.4. The van der Waals surface area contributed by atoms with Crippen LogP contribution in [-0.4, -0.2) is 61.2 Å². The molecule has 0 bridgehead atoms. The Morgan fingerprint density at radius 2 is 1.23 bits per heavy atom. The molecule has 2 heterocycles. The maximum absolute atomic E-state index is 13.4. The molecule has 0 aliphatic carbocycles. The number of nitrogens with zero attached hydrogens (tertiary/aromatic N) is 3. The van der Waals surface area contributed by atoms with Crippen LogP contribution >= 0.6 is 0 Å². The molecule has 0 saturated heterocycles. The molecule has 0 radical (unpaired) electrons. The van der Waals surface area contributed by atoms with Gasteiger partial charge in [-0.05, 0) is 56.4 Å². The van der Waals surface area contributed by atoms with Crippen molar-refractivity contribution in [3.63, 3.8) is 0 Å². The number of ether oxygens (including phenoxy) is 3. The number of carbonyl (C=O) groups excluding carboxylic acids is 1. The van der Waals surface area contributed by atoms with Gasteiger partial charge in [0, 0.05) is 25.0 Å². The highest BCUT2D eigenvalue weighted by Gasteiger charge is 2.50. The first-order valence-corrected chi connectivity index (χ1v) is 22.8. The fourth-order valence-corrected chi connectivity index (χ4v) is 12.8. The summed E-state index contributed by atoms with van der Waals surface area (Å²) in [5.74, 6) is 0.589. The van der Waals surface area contributed by atoms with Crippen LogP contribution in [0.4, 0.5) is 5.95 Å². The summed E-state index contributed by atoms with van der Waals surface area (Å²) in [6.45, 7) is 11.1. The van der Waals surface area contributed by atoms with E-state index in [-0.39, 0.29) is 47.5 Å². The van der Waals surface area contributed by atoms with E-state index < -0.39 is 19.5 Å². The number of H-pyrrole nitrogens is 1. The summed E-state index contributed by atoms with van der Waals surface area (Å²) in [6.07, 6.45) is 1.62. The predicted molar refractivity (Wildman–Crippen MR) is 247 cm³/mol. The summed E-state index contributed by atoms with van der Waals surface area (Å²) in [4.78, 5) is 38.0. The van der Waals surface area contributed by atoms with E-state index in [9.17, 15) is 9.59 Å². The monoisotopic (exact) mass is 849 g/mol. The number of hydrogen-bond donors (Lipinski definition) is 2. The van der Waals surface area contributed by atoms with Crippen LogP contribution in [0.25, 0.3) is 11.2 Å². The highest BCUT2D eigenvalue weighted by atomic mass is 28.4. The lowest BCUT2D eigenvalue weighted by Gasteiger charge is -2.44. The van der Waals surface area contributed by atoms with Gasteiger partial charge in [0.2, 0.25) is 11.9 Å². The summed E-state index contributed by atoms with van der Waals surface area (Å²) in [5, 5.41) is 4.77. The molecular weight excluding hydrogens is 795 g/mol. The number of imidazole rings is 1. The third-order valence-corrected chi connectivity index (χ3v) is 16.4. The van der Waals surface area contributed by atoms with Crippen molar-refractivity contribution in [1.82, 2.24) is 19.5 Å². The van der Waals surface area contributed by atoms with E-state index in [1.807, 2.05) is 83.4 Å². The Hall–Kier alpha value is -6.34. The highest BCUT2D eigenvalue weighted by molar-refractivity contribution is 6.99. The number of aromatic amines is 1. The number of hydrogen-bond acceptors (Lipinski definition) is 8. The Morgan fingerprint density at radius 1 is 0.726 bits per heavy atom. The van der Waals surface area contributed by atoms with Gasteiger partial charge in [-0.3, -0.25) is 19.9 Å². The van der Waals surface area contributed by atoms with Gasteiger partial charge in [0.15, 0.2) is 11.2 Å². The summed E-state index contributed by atoms with van der Waals surface area (Å²) in [6, 6.07) is 47.2. The molecule has 2 aromatic heterocycles. The molecule has 7 aromatic rings. The van der Waals surface area contributed by atoms with Gasteiger partial charge in [-0.1, -0.05) is 150 Å². The Morgan fingerprint density at radius 3 is 1.71 bits per heavy atom. The molecule has 5 aromatic carbocycles. The zero-order valence-corrected chi connectivity index (χ0v) is 37.4. The lowest BCUT2D eigenvalue weighted by atomic mass is 9.80. The lowest BCUT2D eigenvalue weighted by molar-refractivity contribution is -0.118. The molecule has 320 valence electrons. The first-order valence-electron chi connectivity index (χ1n) is 20.9. The molecule has 1 atom stereocenters. The second-order valence-corrected chi connectivity index (χ2v) is 21.1. The molecule has 0 fully saturated rings. The Labute approximate surface area is 364 Å². The van der Waals surface area contributed by atoms with Crippen molar-refractivity contribution in [2.75, 3.05) is 32.8 Å². The zero-order valence-electron chi connectivity index (χ0n) is 36.4. The predicted octanol–water partition coefficient (Wildman–Crippen LogP) is 7.93. The number of carbonyl (C=O) groups is 1. The van der Waals surface area contributed by atoms with Gasteiger partial charge in [-0.25, -0.2) is 4.98 Å². The number of anilines is 1. The van der Waals surface area contributed by atoms with Gasteiger partial charge in [-0.2, -0.15) is 4.98 Å².